The highest BCUT2D eigenvalue weighted by Crippen LogP contribution is 2.12. The fourth-order valence-corrected chi connectivity index (χ4v) is 1.01. The van der Waals surface area contributed by atoms with Crippen molar-refractivity contribution in [2.45, 2.75) is 6.92 Å². The standard InChI is InChI=1S/C11H14O2/c1-10(9-13-8-7-12)11-5-3-2-4-6-11/h2-6,9,12H,7-8H2,1H3/b10-9-. The van der Waals surface area contributed by atoms with Crippen molar-refractivity contribution in [1.29, 1.82) is 0 Å². The molecule has 2 nitrogen and oxygen atoms in total. The molecule has 0 aliphatic heterocycles. The average molecular weight is 178 g/mol. The summed E-state index contributed by atoms with van der Waals surface area (Å²) in [6.45, 7) is 2.38. The lowest BCUT2D eigenvalue weighted by molar-refractivity contribution is 0.166. The summed E-state index contributed by atoms with van der Waals surface area (Å²) in [5.74, 6) is 0. The maximum Gasteiger partial charge on any atom is 0.110 e. The molecule has 1 aromatic carbocycles. The molecule has 0 aliphatic carbocycles. The summed E-state index contributed by atoms with van der Waals surface area (Å²) in [5, 5.41) is 8.50. The van der Waals surface area contributed by atoms with E-state index in [0.717, 1.165) is 11.1 Å². The van der Waals surface area contributed by atoms with Gasteiger partial charge in [-0.2, -0.15) is 0 Å². The van der Waals surface area contributed by atoms with E-state index >= 15 is 0 Å². The summed E-state index contributed by atoms with van der Waals surface area (Å²) >= 11 is 0. The van der Waals surface area contributed by atoms with Gasteiger partial charge in [-0.1, -0.05) is 30.3 Å². The molecule has 70 valence electrons. The van der Waals surface area contributed by atoms with Crippen LogP contribution in [-0.4, -0.2) is 18.3 Å². The van der Waals surface area contributed by atoms with Gasteiger partial charge >= 0.3 is 0 Å². The molecule has 0 saturated carbocycles. The molecule has 0 aliphatic rings. The van der Waals surface area contributed by atoms with Gasteiger partial charge in [-0.25, -0.2) is 0 Å². The first-order valence-corrected chi connectivity index (χ1v) is 4.29. The lowest BCUT2D eigenvalue weighted by Crippen LogP contribution is -1.93. The summed E-state index contributed by atoms with van der Waals surface area (Å²) in [5.41, 5.74) is 2.20. The molecule has 0 bridgehead atoms. The Labute approximate surface area is 78.5 Å². The van der Waals surface area contributed by atoms with Gasteiger partial charge in [-0.3, -0.25) is 0 Å². The number of aliphatic hydroxyl groups is 1. The van der Waals surface area contributed by atoms with Gasteiger partial charge in [0.2, 0.25) is 0 Å². The van der Waals surface area contributed by atoms with Gasteiger partial charge in [-0.05, 0) is 18.1 Å². The van der Waals surface area contributed by atoms with Crippen LogP contribution in [0.4, 0.5) is 0 Å². The van der Waals surface area contributed by atoms with E-state index in [1.165, 1.54) is 0 Å². The Kier molecular flexibility index (Phi) is 4.06. The molecule has 0 unspecified atom stereocenters. The van der Waals surface area contributed by atoms with Crippen molar-refractivity contribution in [2.75, 3.05) is 13.2 Å². The van der Waals surface area contributed by atoms with E-state index in [0.29, 0.717) is 6.61 Å². The van der Waals surface area contributed by atoms with Crippen LogP contribution < -0.4 is 0 Å². The fourth-order valence-electron chi connectivity index (χ4n) is 1.01. The minimum Gasteiger partial charge on any atom is -0.499 e. The zero-order valence-electron chi connectivity index (χ0n) is 7.73. The molecule has 13 heavy (non-hydrogen) atoms. The van der Waals surface area contributed by atoms with Crippen LogP contribution in [0.15, 0.2) is 36.6 Å². The van der Waals surface area contributed by atoms with Gasteiger partial charge in [0.1, 0.15) is 6.61 Å². The SMILES string of the molecule is C/C(=C/OCCO)c1ccccc1. The van der Waals surface area contributed by atoms with E-state index < -0.39 is 0 Å². The first-order valence-electron chi connectivity index (χ1n) is 4.29. The molecule has 0 aromatic heterocycles. The normalized spacial score (nSPS) is 11.4. The Morgan fingerprint density at radius 2 is 2.08 bits per heavy atom. The smallest absolute Gasteiger partial charge is 0.110 e. The molecule has 0 atom stereocenters. The minimum absolute atomic E-state index is 0.0541. The van der Waals surface area contributed by atoms with Crippen molar-refractivity contribution in [2.24, 2.45) is 0 Å². The molecule has 0 amide bonds. The number of benzene rings is 1. The van der Waals surface area contributed by atoms with E-state index in [4.69, 9.17) is 9.84 Å². The Morgan fingerprint density at radius 1 is 1.38 bits per heavy atom. The summed E-state index contributed by atoms with van der Waals surface area (Å²) in [6.07, 6.45) is 1.67. The van der Waals surface area contributed by atoms with Crippen molar-refractivity contribution >= 4 is 5.57 Å². The van der Waals surface area contributed by atoms with Crippen molar-refractivity contribution < 1.29 is 9.84 Å². The lowest BCUT2D eigenvalue weighted by Gasteiger charge is -2.01. The van der Waals surface area contributed by atoms with Crippen LogP contribution in [0.5, 0.6) is 0 Å². The quantitative estimate of drug-likeness (QED) is 0.565. The predicted octanol–water partition coefficient (Wildman–Crippen LogP) is 2.06. The van der Waals surface area contributed by atoms with Crippen LogP contribution in [0.3, 0.4) is 0 Å². The molecular weight excluding hydrogens is 164 g/mol. The number of hydrogen-bond donors (Lipinski definition) is 1. The Bertz CT molecular complexity index is 265. The molecule has 0 fully saturated rings. The maximum absolute atomic E-state index is 8.50. The van der Waals surface area contributed by atoms with Crippen LogP contribution in [0.2, 0.25) is 0 Å². The number of aliphatic hydroxyl groups excluding tert-OH is 1. The summed E-state index contributed by atoms with van der Waals surface area (Å²) in [7, 11) is 0. The van der Waals surface area contributed by atoms with E-state index in [-0.39, 0.29) is 6.61 Å². The minimum atomic E-state index is 0.0541. The molecule has 0 radical (unpaired) electrons. The second-order valence-corrected chi connectivity index (χ2v) is 2.76. The molecule has 2 heteroatoms. The summed E-state index contributed by atoms with van der Waals surface area (Å²) < 4.78 is 5.09. The highest BCUT2D eigenvalue weighted by molar-refractivity contribution is 5.62. The summed E-state index contributed by atoms with van der Waals surface area (Å²) in [6, 6.07) is 9.99. The van der Waals surface area contributed by atoms with Crippen molar-refractivity contribution in [3.63, 3.8) is 0 Å². The first-order chi connectivity index (χ1) is 6.34. The highest BCUT2D eigenvalue weighted by atomic mass is 16.5. The van der Waals surface area contributed by atoms with Gasteiger partial charge in [0.25, 0.3) is 0 Å². The zero-order chi connectivity index (χ0) is 9.52. The first kappa shape index (κ1) is 9.81. The van der Waals surface area contributed by atoms with Gasteiger partial charge in [0.15, 0.2) is 0 Å². The van der Waals surface area contributed by atoms with Crippen LogP contribution in [0, 0.1) is 0 Å². The third kappa shape index (κ3) is 3.30. The fraction of sp³-hybridized carbons (Fsp3) is 0.273. The van der Waals surface area contributed by atoms with Gasteiger partial charge < -0.3 is 9.84 Å². The monoisotopic (exact) mass is 178 g/mol. The Hall–Kier alpha value is -1.28. The molecule has 1 N–H and O–H groups in total. The van der Waals surface area contributed by atoms with Crippen LogP contribution in [0.25, 0.3) is 5.57 Å². The Morgan fingerprint density at radius 3 is 2.69 bits per heavy atom. The lowest BCUT2D eigenvalue weighted by atomic mass is 10.1. The molecular formula is C11H14O2. The van der Waals surface area contributed by atoms with E-state index in [1.807, 2.05) is 37.3 Å². The van der Waals surface area contributed by atoms with Crippen molar-refractivity contribution in [3.05, 3.63) is 42.2 Å². The average Bonchev–Trinajstić information content (AvgIpc) is 2.19. The van der Waals surface area contributed by atoms with Gasteiger partial charge in [-0.15, -0.1) is 0 Å². The number of hydrogen-bond acceptors (Lipinski definition) is 2. The zero-order valence-corrected chi connectivity index (χ0v) is 7.73. The van der Waals surface area contributed by atoms with Gasteiger partial charge in [0.05, 0.1) is 12.9 Å². The molecule has 1 aromatic rings. The second kappa shape index (κ2) is 5.38. The number of allylic oxidation sites excluding steroid dienone is 1. The third-order valence-corrected chi connectivity index (χ3v) is 1.70. The number of rotatable bonds is 4. The summed E-state index contributed by atoms with van der Waals surface area (Å²) in [4.78, 5) is 0. The second-order valence-electron chi connectivity index (χ2n) is 2.76. The van der Waals surface area contributed by atoms with Crippen molar-refractivity contribution in [1.82, 2.24) is 0 Å². The largest absolute Gasteiger partial charge is 0.499 e. The van der Waals surface area contributed by atoms with Crippen LogP contribution in [0.1, 0.15) is 12.5 Å². The van der Waals surface area contributed by atoms with Gasteiger partial charge in [0, 0.05) is 0 Å². The number of ether oxygens (including phenoxy) is 1. The maximum atomic E-state index is 8.50. The molecule has 0 saturated heterocycles. The topological polar surface area (TPSA) is 29.5 Å². The van der Waals surface area contributed by atoms with Crippen molar-refractivity contribution in [3.8, 4) is 0 Å². The van der Waals surface area contributed by atoms with E-state index in [1.54, 1.807) is 6.26 Å². The van der Waals surface area contributed by atoms with Crippen LogP contribution in [-0.2, 0) is 4.74 Å². The van der Waals surface area contributed by atoms with Crippen LogP contribution >= 0.6 is 0 Å². The highest BCUT2D eigenvalue weighted by Gasteiger charge is 1.92. The third-order valence-electron chi connectivity index (χ3n) is 1.70. The molecule has 1 rings (SSSR count). The van der Waals surface area contributed by atoms with E-state index in [2.05, 4.69) is 0 Å². The van der Waals surface area contributed by atoms with E-state index in [9.17, 15) is 0 Å². The Balaban J connectivity index is 2.57. The predicted molar refractivity (Wildman–Crippen MR) is 53.1 cm³/mol. The molecule has 0 heterocycles. The molecule has 0 spiro atoms.